The van der Waals surface area contributed by atoms with E-state index in [0.717, 1.165) is 0 Å². The van der Waals surface area contributed by atoms with Crippen molar-refractivity contribution < 1.29 is 19.4 Å². The Labute approximate surface area is 83.6 Å². The molecule has 4 nitrogen and oxygen atoms in total. The van der Waals surface area contributed by atoms with Gasteiger partial charge in [-0.15, -0.1) is 0 Å². The summed E-state index contributed by atoms with van der Waals surface area (Å²) >= 11 is 0. The van der Waals surface area contributed by atoms with Crippen LogP contribution in [0.25, 0.3) is 1.43 Å². The standard InChI is InChI=1S/C10H12O4/c1-13-8-4-3-7(6-10(11)12)5-9(8)14-2/h3-5H,6H2,1-2H3,(H,11,12)/i/hD. The van der Waals surface area contributed by atoms with Crippen LogP contribution in [0.5, 0.6) is 11.5 Å². The molecule has 0 unspecified atom stereocenters. The molecule has 0 fully saturated rings. The average Bonchev–Trinajstić information content (AvgIpc) is 2.28. The number of benzene rings is 1. The zero-order valence-electron chi connectivity index (χ0n) is 9.07. The maximum atomic E-state index is 10.9. The molecule has 0 spiro atoms. The van der Waals surface area contributed by atoms with Crippen LogP contribution >= 0.6 is 0 Å². The van der Waals surface area contributed by atoms with Gasteiger partial charge in [0.1, 0.15) is 0 Å². The van der Waals surface area contributed by atoms with E-state index in [1.165, 1.54) is 14.2 Å². The molecular formula is C10H12O4. The maximum Gasteiger partial charge on any atom is 0.307 e. The Morgan fingerprint density at radius 3 is 2.71 bits per heavy atom. The van der Waals surface area contributed by atoms with E-state index in [9.17, 15) is 4.79 Å². The molecule has 0 atom stereocenters. The molecule has 0 saturated heterocycles. The van der Waals surface area contributed by atoms with E-state index in [4.69, 9.17) is 10.9 Å². The fraction of sp³-hybridized carbons (Fsp3) is 0.300. The highest BCUT2D eigenvalue weighted by Gasteiger charge is 2.06. The topological polar surface area (TPSA) is 55.8 Å². The first-order valence-electron chi connectivity index (χ1n) is 4.49. The molecule has 14 heavy (non-hydrogen) atoms. The van der Waals surface area contributed by atoms with Crippen LogP contribution in [0, 0.1) is 0 Å². The highest BCUT2D eigenvalue weighted by Crippen LogP contribution is 2.27. The minimum atomic E-state index is -0.609. The van der Waals surface area contributed by atoms with Crippen molar-refractivity contribution in [1.82, 2.24) is 0 Å². The second kappa shape index (κ2) is 4.50. The SMILES string of the molecule is [2H]OC(=O)Cc1ccc(OC)c(OC)c1. The molecule has 1 rings (SSSR count). The van der Waals surface area contributed by atoms with Crippen LogP contribution in [0.1, 0.15) is 5.56 Å². The summed E-state index contributed by atoms with van der Waals surface area (Å²) in [6, 6.07) is 5.10. The van der Waals surface area contributed by atoms with E-state index in [1.54, 1.807) is 18.2 Å². The second-order valence-corrected chi connectivity index (χ2v) is 2.74. The molecule has 1 aromatic carbocycles. The smallest absolute Gasteiger partial charge is 0.307 e. The minimum absolute atomic E-state index is 0.0455. The van der Waals surface area contributed by atoms with Crippen molar-refractivity contribution in [3.05, 3.63) is 23.8 Å². The van der Waals surface area contributed by atoms with Gasteiger partial charge in [-0.05, 0) is 17.7 Å². The van der Waals surface area contributed by atoms with Crippen LogP contribution in [0.2, 0.25) is 0 Å². The number of ether oxygens (including phenoxy) is 2. The molecule has 1 N–H and O–H groups in total. The first-order valence-corrected chi connectivity index (χ1v) is 4.08. The van der Waals surface area contributed by atoms with Crippen molar-refractivity contribution in [1.29, 1.82) is 1.43 Å². The molecule has 0 heterocycles. The molecule has 76 valence electrons. The number of carbonyl (C=O) groups is 1. The van der Waals surface area contributed by atoms with Crippen LogP contribution in [0.3, 0.4) is 0 Å². The molecule has 0 aliphatic heterocycles. The normalized spacial score (nSPS) is 10.3. The van der Waals surface area contributed by atoms with E-state index >= 15 is 0 Å². The Hall–Kier alpha value is -1.71. The largest absolute Gasteiger partial charge is 0.493 e. The Balaban J connectivity index is 2.88. The van der Waals surface area contributed by atoms with Gasteiger partial charge in [0.05, 0.1) is 20.6 Å². The molecule has 0 saturated carbocycles. The van der Waals surface area contributed by atoms with Gasteiger partial charge < -0.3 is 14.6 Å². The van der Waals surface area contributed by atoms with Crippen molar-refractivity contribution >= 4 is 5.97 Å². The van der Waals surface area contributed by atoms with Gasteiger partial charge in [0.25, 0.3) is 1.43 Å². The fourth-order valence-electron chi connectivity index (χ4n) is 1.16. The summed E-state index contributed by atoms with van der Waals surface area (Å²) < 4.78 is 16.5. The molecule has 0 bridgehead atoms. The second-order valence-electron chi connectivity index (χ2n) is 2.74. The Morgan fingerprint density at radius 1 is 1.43 bits per heavy atom. The zero-order chi connectivity index (χ0) is 11.3. The third-order valence-electron chi connectivity index (χ3n) is 1.80. The van der Waals surface area contributed by atoms with Gasteiger partial charge in [0.15, 0.2) is 11.5 Å². The molecule has 4 heteroatoms. The van der Waals surface area contributed by atoms with Crippen LogP contribution in [-0.2, 0) is 11.2 Å². The van der Waals surface area contributed by atoms with Crippen LogP contribution in [0.4, 0.5) is 0 Å². The highest BCUT2D eigenvalue weighted by molar-refractivity contribution is 5.70. The lowest BCUT2D eigenvalue weighted by Crippen LogP contribution is -2.00. The molecule has 0 aliphatic rings. The van der Waals surface area contributed by atoms with E-state index in [1.807, 2.05) is 0 Å². The molecule has 0 amide bonds. The van der Waals surface area contributed by atoms with E-state index in [-0.39, 0.29) is 6.42 Å². The van der Waals surface area contributed by atoms with E-state index < -0.39 is 5.97 Å². The Morgan fingerprint density at radius 2 is 2.14 bits per heavy atom. The summed E-state index contributed by atoms with van der Waals surface area (Å²) in [5.41, 5.74) is 0.713. The number of carboxylic acid groups (broad SMARTS) is 1. The highest BCUT2D eigenvalue weighted by atomic mass is 16.5. The summed E-state index contributed by atoms with van der Waals surface area (Å²) in [6.45, 7) is 0. The number of hydrogen-bond donors (Lipinski definition) is 1. The van der Waals surface area contributed by atoms with Crippen molar-refractivity contribution in [2.24, 2.45) is 0 Å². The van der Waals surface area contributed by atoms with Gasteiger partial charge in [0.2, 0.25) is 0 Å². The molecule has 0 radical (unpaired) electrons. The monoisotopic (exact) mass is 197 g/mol. The zero-order valence-corrected chi connectivity index (χ0v) is 8.07. The lowest BCUT2D eigenvalue weighted by atomic mass is 10.1. The van der Waals surface area contributed by atoms with Crippen molar-refractivity contribution in [2.45, 2.75) is 6.42 Å². The number of rotatable bonds is 4. The number of hydrogen-bond acceptors (Lipinski definition) is 4. The van der Waals surface area contributed by atoms with E-state index in [2.05, 4.69) is 5.11 Å². The molecule has 0 aromatic heterocycles. The quantitative estimate of drug-likeness (QED) is 0.791. The van der Waals surface area contributed by atoms with Crippen LogP contribution < -0.4 is 9.47 Å². The third kappa shape index (κ3) is 2.39. The number of aliphatic carboxylic acids is 1. The number of methoxy groups -OCH3 is 2. The predicted molar refractivity (Wildman–Crippen MR) is 50.9 cm³/mol. The van der Waals surface area contributed by atoms with E-state index in [0.29, 0.717) is 17.1 Å². The molecule has 1 aromatic rings. The lowest BCUT2D eigenvalue weighted by Gasteiger charge is -2.08. The van der Waals surface area contributed by atoms with Gasteiger partial charge in [-0.2, -0.15) is 0 Å². The van der Waals surface area contributed by atoms with Crippen LogP contribution in [0.15, 0.2) is 18.2 Å². The minimum Gasteiger partial charge on any atom is -0.493 e. The summed E-state index contributed by atoms with van der Waals surface area (Å²) in [4.78, 5) is 10.9. The summed E-state index contributed by atoms with van der Waals surface area (Å²) in [5.74, 6) is 0.537. The van der Waals surface area contributed by atoms with Crippen molar-refractivity contribution in [3.63, 3.8) is 0 Å². The third-order valence-corrected chi connectivity index (χ3v) is 1.80. The predicted octanol–water partition coefficient (Wildman–Crippen LogP) is 1.33. The molecular weight excluding hydrogens is 184 g/mol. The summed E-state index contributed by atoms with van der Waals surface area (Å²) in [7, 11) is 3.06. The Bertz CT molecular complexity index is 351. The summed E-state index contributed by atoms with van der Waals surface area (Å²) in [6.07, 6.45) is 0.0455. The van der Waals surface area contributed by atoms with Gasteiger partial charge in [-0.25, -0.2) is 0 Å². The van der Waals surface area contributed by atoms with Gasteiger partial charge in [0, 0.05) is 0 Å². The van der Waals surface area contributed by atoms with Crippen molar-refractivity contribution in [3.8, 4) is 11.5 Å². The Kier molecular flexibility index (Phi) is 2.85. The first-order chi connectivity index (χ1) is 7.21. The fourth-order valence-corrected chi connectivity index (χ4v) is 1.16. The lowest BCUT2D eigenvalue weighted by molar-refractivity contribution is -0.136. The van der Waals surface area contributed by atoms with Gasteiger partial charge >= 0.3 is 5.97 Å². The number of carboxylic acids is 1. The maximum absolute atomic E-state index is 10.9. The summed E-state index contributed by atoms with van der Waals surface area (Å²) in [5, 5.41) is 3.82. The van der Waals surface area contributed by atoms with Crippen LogP contribution in [-0.4, -0.2) is 25.3 Å². The first kappa shape index (κ1) is 8.87. The van der Waals surface area contributed by atoms with Gasteiger partial charge in [-0.3, -0.25) is 4.79 Å². The van der Waals surface area contributed by atoms with Gasteiger partial charge in [-0.1, -0.05) is 6.07 Å². The molecule has 0 aliphatic carbocycles. The van der Waals surface area contributed by atoms with Crippen molar-refractivity contribution in [2.75, 3.05) is 14.2 Å². The average molecular weight is 197 g/mol.